The standard InChI is InChI=1S/C14H27N3O2.ClH/c1-3-5-13(18)17-9-4-6-12(10-17)14(19)16-8-7-11(2)15;/h11-12H,3-10,15H2,1-2H3,(H,16,19);1H. The van der Waals surface area contributed by atoms with Crippen molar-refractivity contribution in [3.8, 4) is 0 Å². The minimum atomic E-state index is -0.0531. The molecule has 0 saturated carbocycles. The van der Waals surface area contributed by atoms with Crippen LogP contribution in [0.2, 0.25) is 0 Å². The molecule has 5 nitrogen and oxygen atoms in total. The summed E-state index contributed by atoms with van der Waals surface area (Å²) in [5.74, 6) is 0.188. The fourth-order valence-corrected chi connectivity index (χ4v) is 2.36. The smallest absolute Gasteiger partial charge is 0.224 e. The van der Waals surface area contributed by atoms with Gasteiger partial charge in [-0.05, 0) is 32.6 Å². The van der Waals surface area contributed by atoms with Crippen LogP contribution in [0.15, 0.2) is 0 Å². The molecule has 1 saturated heterocycles. The number of nitrogens with one attached hydrogen (secondary N) is 1. The summed E-state index contributed by atoms with van der Waals surface area (Å²) in [5.41, 5.74) is 5.65. The van der Waals surface area contributed by atoms with Gasteiger partial charge in [0.2, 0.25) is 11.8 Å². The van der Waals surface area contributed by atoms with Crippen LogP contribution in [-0.4, -0.2) is 42.4 Å². The highest BCUT2D eigenvalue weighted by Gasteiger charge is 2.27. The van der Waals surface area contributed by atoms with Gasteiger partial charge < -0.3 is 16.0 Å². The van der Waals surface area contributed by atoms with Gasteiger partial charge in [-0.25, -0.2) is 0 Å². The highest BCUT2D eigenvalue weighted by Crippen LogP contribution is 2.17. The Labute approximate surface area is 128 Å². The Morgan fingerprint density at radius 3 is 2.75 bits per heavy atom. The molecule has 0 spiro atoms. The molecular formula is C14H28ClN3O2. The molecule has 1 heterocycles. The van der Waals surface area contributed by atoms with Gasteiger partial charge in [0.1, 0.15) is 0 Å². The summed E-state index contributed by atoms with van der Waals surface area (Å²) in [6, 6.07) is 0.106. The first-order valence-electron chi connectivity index (χ1n) is 7.35. The molecule has 1 rings (SSSR count). The van der Waals surface area contributed by atoms with E-state index in [0.29, 0.717) is 19.5 Å². The van der Waals surface area contributed by atoms with Crippen LogP contribution in [-0.2, 0) is 9.59 Å². The van der Waals surface area contributed by atoms with Gasteiger partial charge in [-0.2, -0.15) is 0 Å². The third-order valence-corrected chi connectivity index (χ3v) is 3.51. The first kappa shape index (κ1) is 19.2. The number of hydrogen-bond donors (Lipinski definition) is 2. The van der Waals surface area contributed by atoms with Crippen molar-refractivity contribution in [1.82, 2.24) is 10.2 Å². The van der Waals surface area contributed by atoms with Crippen LogP contribution < -0.4 is 11.1 Å². The molecule has 2 atom stereocenters. The minimum Gasteiger partial charge on any atom is -0.356 e. The summed E-state index contributed by atoms with van der Waals surface area (Å²) in [6.45, 7) is 5.92. The Morgan fingerprint density at radius 2 is 2.15 bits per heavy atom. The molecular weight excluding hydrogens is 278 g/mol. The van der Waals surface area contributed by atoms with E-state index in [1.54, 1.807) is 0 Å². The number of hydrogen-bond acceptors (Lipinski definition) is 3. The normalized spacial score (nSPS) is 19.9. The number of amides is 2. The van der Waals surface area contributed by atoms with Crippen molar-refractivity contribution in [1.29, 1.82) is 0 Å². The van der Waals surface area contributed by atoms with Crippen molar-refractivity contribution >= 4 is 24.2 Å². The maximum atomic E-state index is 12.0. The topological polar surface area (TPSA) is 75.4 Å². The van der Waals surface area contributed by atoms with Gasteiger partial charge in [0.15, 0.2) is 0 Å². The molecule has 1 fully saturated rings. The number of nitrogens with zero attached hydrogens (tertiary/aromatic N) is 1. The van der Waals surface area contributed by atoms with E-state index in [-0.39, 0.29) is 36.2 Å². The van der Waals surface area contributed by atoms with E-state index in [1.807, 2.05) is 18.7 Å². The second-order valence-electron chi connectivity index (χ2n) is 5.49. The highest BCUT2D eigenvalue weighted by molar-refractivity contribution is 5.85. The quantitative estimate of drug-likeness (QED) is 0.776. The lowest BCUT2D eigenvalue weighted by molar-refractivity contribution is -0.135. The van der Waals surface area contributed by atoms with Gasteiger partial charge in [-0.15, -0.1) is 12.4 Å². The molecule has 2 unspecified atom stereocenters. The van der Waals surface area contributed by atoms with Gasteiger partial charge >= 0.3 is 0 Å². The van der Waals surface area contributed by atoms with Gasteiger partial charge in [0.25, 0.3) is 0 Å². The van der Waals surface area contributed by atoms with Gasteiger partial charge in [0.05, 0.1) is 5.92 Å². The second-order valence-corrected chi connectivity index (χ2v) is 5.49. The van der Waals surface area contributed by atoms with E-state index in [9.17, 15) is 9.59 Å². The molecule has 6 heteroatoms. The maximum absolute atomic E-state index is 12.0. The van der Waals surface area contributed by atoms with Crippen LogP contribution in [0.4, 0.5) is 0 Å². The third-order valence-electron chi connectivity index (χ3n) is 3.51. The van der Waals surface area contributed by atoms with Crippen LogP contribution in [0.3, 0.4) is 0 Å². The molecule has 0 radical (unpaired) electrons. The molecule has 118 valence electrons. The van der Waals surface area contributed by atoms with Crippen molar-refractivity contribution in [3.05, 3.63) is 0 Å². The number of halogens is 1. The van der Waals surface area contributed by atoms with Crippen LogP contribution >= 0.6 is 12.4 Å². The molecule has 0 aliphatic carbocycles. The van der Waals surface area contributed by atoms with Crippen molar-refractivity contribution < 1.29 is 9.59 Å². The fraction of sp³-hybridized carbons (Fsp3) is 0.857. The lowest BCUT2D eigenvalue weighted by Crippen LogP contribution is -2.45. The predicted octanol–water partition coefficient (Wildman–Crippen LogP) is 1.30. The van der Waals surface area contributed by atoms with Crippen molar-refractivity contribution in [2.45, 2.75) is 52.0 Å². The number of carbonyl (C=O) groups excluding carboxylic acids is 2. The Kier molecular flexibility index (Phi) is 9.59. The van der Waals surface area contributed by atoms with E-state index in [2.05, 4.69) is 5.32 Å². The Morgan fingerprint density at radius 1 is 1.45 bits per heavy atom. The van der Waals surface area contributed by atoms with Crippen molar-refractivity contribution in [3.63, 3.8) is 0 Å². The summed E-state index contributed by atoms with van der Waals surface area (Å²) in [6.07, 6.45) is 4.03. The summed E-state index contributed by atoms with van der Waals surface area (Å²) in [5, 5.41) is 2.92. The molecule has 3 N–H and O–H groups in total. The molecule has 1 aliphatic heterocycles. The monoisotopic (exact) mass is 305 g/mol. The van der Waals surface area contributed by atoms with E-state index >= 15 is 0 Å². The zero-order valence-corrected chi connectivity index (χ0v) is 13.4. The minimum absolute atomic E-state index is 0. The largest absolute Gasteiger partial charge is 0.356 e. The van der Waals surface area contributed by atoms with E-state index in [0.717, 1.165) is 32.2 Å². The molecule has 0 bridgehead atoms. The SMILES string of the molecule is CCCC(=O)N1CCCC(C(=O)NCCC(C)N)C1.Cl. The van der Waals surface area contributed by atoms with E-state index < -0.39 is 0 Å². The third kappa shape index (κ3) is 6.57. The number of likely N-dealkylation sites (tertiary alicyclic amines) is 1. The highest BCUT2D eigenvalue weighted by atomic mass is 35.5. The summed E-state index contributed by atoms with van der Waals surface area (Å²) < 4.78 is 0. The fourth-order valence-electron chi connectivity index (χ4n) is 2.36. The van der Waals surface area contributed by atoms with Crippen LogP contribution in [0.25, 0.3) is 0 Å². The lowest BCUT2D eigenvalue weighted by atomic mass is 9.96. The maximum Gasteiger partial charge on any atom is 0.224 e. The first-order chi connectivity index (χ1) is 9.04. The second kappa shape index (κ2) is 10.00. The lowest BCUT2D eigenvalue weighted by Gasteiger charge is -2.32. The Hall–Kier alpha value is -0.810. The van der Waals surface area contributed by atoms with Gasteiger partial charge in [-0.3, -0.25) is 9.59 Å². The van der Waals surface area contributed by atoms with Crippen LogP contribution in [0, 0.1) is 5.92 Å². The van der Waals surface area contributed by atoms with Gasteiger partial charge in [0, 0.05) is 32.1 Å². The van der Waals surface area contributed by atoms with Crippen molar-refractivity contribution in [2.24, 2.45) is 11.7 Å². The Bertz CT molecular complexity index is 311. The average molecular weight is 306 g/mol. The van der Waals surface area contributed by atoms with Crippen LogP contribution in [0.1, 0.15) is 46.0 Å². The Balaban J connectivity index is 0.00000361. The summed E-state index contributed by atoms with van der Waals surface area (Å²) >= 11 is 0. The first-order valence-corrected chi connectivity index (χ1v) is 7.35. The van der Waals surface area contributed by atoms with Gasteiger partial charge in [-0.1, -0.05) is 6.92 Å². The molecule has 20 heavy (non-hydrogen) atoms. The number of rotatable bonds is 6. The van der Waals surface area contributed by atoms with E-state index in [1.165, 1.54) is 0 Å². The average Bonchev–Trinajstić information content (AvgIpc) is 2.38. The zero-order valence-electron chi connectivity index (χ0n) is 12.6. The number of carbonyl (C=O) groups is 2. The zero-order chi connectivity index (χ0) is 14.3. The summed E-state index contributed by atoms with van der Waals surface area (Å²) in [7, 11) is 0. The van der Waals surface area contributed by atoms with Crippen molar-refractivity contribution in [2.75, 3.05) is 19.6 Å². The number of nitrogens with two attached hydrogens (primary N) is 1. The number of piperidine rings is 1. The molecule has 2 amide bonds. The van der Waals surface area contributed by atoms with E-state index in [4.69, 9.17) is 5.73 Å². The molecule has 0 aromatic carbocycles. The summed E-state index contributed by atoms with van der Waals surface area (Å²) in [4.78, 5) is 25.7. The molecule has 0 aromatic rings. The van der Waals surface area contributed by atoms with Crippen LogP contribution in [0.5, 0.6) is 0 Å². The predicted molar refractivity (Wildman–Crippen MR) is 82.7 cm³/mol. The molecule has 0 aromatic heterocycles. The molecule has 1 aliphatic rings.